The van der Waals surface area contributed by atoms with Gasteiger partial charge in [0.05, 0.1) is 6.26 Å². The largest absolute Gasteiger partial charge is 0.396 e. The second-order valence-corrected chi connectivity index (χ2v) is 7.83. The van der Waals surface area contributed by atoms with E-state index < -0.39 is 10.0 Å². The molecule has 1 aliphatic carbocycles. The van der Waals surface area contributed by atoms with Crippen LogP contribution >= 0.6 is 0 Å². The van der Waals surface area contributed by atoms with E-state index in [2.05, 4.69) is 0 Å². The molecule has 1 aliphatic heterocycles. The molecule has 0 aromatic rings. The minimum absolute atomic E-state index is 0.116. The van der Waals surface area contributed by atoms with Crippen molar-refractivity contribution in [2.24, 2.45) is 11.3 Å². The van der Waals surface area contributed by atoms with Crippen molar-refractivity contribution >= 4 is 10.0 Å². The van der Waals surface area contributed by atoms with Gasteiger partial charge in [-0.2, -0.15) is 0 Å². The molecular weight excluding hydrogens is 238 g/mol. The summed E-state index contributed by atoms with van der Waals surface area (Å²) in [6, 6.07) is 0. The zero-order chi connectivity index (χ0) is 12.5. The van der Waals surface area contributed by atoms with Gasteiger partial charge in [-0.05, 0) is 43.4 Å². The van der Waals surface area contributed by atoms with Crippen LogP contribution in [-0.2, 0) is 10.0 Å². The summed E-state index contributed by atoms with van der Waals surface area (Å²) in [6.07, 6.45) is 7.78. The zero-order valence-electron chi connectivity index (χ0n) is 10.6. The number of hydrogen-bond acceptors (Lipinski definition) is 3. The van der Waals surface area contributed by atoms with Crippen molar-refractivity contribution in [3.05, 3.63) is 0 Å². The van der Waals surface area contributed by atoms with Crippen molar-refractivity contribution < 1.29 is 13.5 Å². The molecule has 0 bridgehead atoms. The lowest BCUT2D eigenvalue weighted by atomic mass is 9.64. The highest BCUT2D eigenvalue weighted by molar-refractivity contribution is 7.88. The third-order valence-electron chi connectivity index (χ3n) is 4.42. The molecule has 100 valence electrons. The quantitative estimate of drug-likeness (QED) is 0.827. The molecule has 0 radical (unpaired) electrons. The van der Waals surface area contributed by atoms with Crippen LogP contribution in [0.1, 0.15) is 38.5 Å². The van der Waals surface area contributed by atoms with Crippen molar-refractivity contribution in [3.63, 3.8) is 0 Å². The zero-order valence-corrected chi connectivity index (χ0v) is 11.4. The second-order valence-electron chi connectivity index (χ2n) is 5.85. The van der Waals surface area contributed by atoms with Gasteiger partial charge >= 0.3 is 0 Å². The summed E-state index contributed by atoms with van der Waals surface area (Å²) in [4.78, 5) is 0. The lowest BCUT2D eigenvalue weighted by molar-refractivity contribution is 0.0124. The minimum Gasteiger partial charge on any atom is -0.396 e. The fourth-order valence-electron chi connectivity index (χ4n) is 3.21. The van der Waals surface area contributed by atoms with Crippen molar-refractivity contribution in [2.75, 3.05) is 26.0 Å². The maximum Gasteiger partial charge on any atom is 0.211 e. The van der Waals surface area contributed by atoms with Crippen LogP contribution in [0.2, 0.25) is 0 Å². The van der Waals surface area contributed by atoms with Gasteiger partial charge in [-0.15, -0.1) is 0 Å². The molecule has 2 rings (SSSR count). The summed E-state index contributed by atoms with van der Waals surface area (Å²) >= 11 is 0. The van der Waals surface area contributed by atoms with E-state index in [0.717, 1.165) is 32.1 Å². The Morgan fingerprint density at radius 3 is 2.53 bits per heavy atom. The Morgan fingerprint density at radius 2 is 2.06 bits per heavy atom. The highest BCUT2D eigenvalue weighted by Crippen LogP contribution is 2.46. The average Bonchev–Trinajstić information content (AvgIpc) is 2.23. The van der Waals surface area contributed by atoms with E-state index in [0.29, 0.717) is 19.0 Å². The van der Waals surface area contributed by atoms with Crippen LogP contribution in [-0.4, -0.2) is 43.8 Å². The molecule has 0 spiro atoms. The first-order valence-corrected chi connectivity index (χ1v) is 8.36. The molecule has 1 N–H and O–H groups in total. The van der Waals surface area contributed by atoms with Gasteiger partial charge in [0.1, 0.15) is 0 Å². The molecule has 1 unspecified atom stereocenters. The molecule has 0 amide bonds. The number of rotatable bonds is 4. The molecule has 0 aromatic carbocycles. The molecule has 4 nitrogen and oxygen atoms in total. The van der Waals surface area contributed by atoms with Crippen LogP contribution < -0.4 is 0 Å². The minimum atomic E-state index is -3.04. The van der Waals surface area contributed by atoms with Crippen LogP contribution in [0.5, 0.6) is 0 Å². The van der Waals surface area contributed by atoms with E-state index in [-0.39, 0.29) is 12.0 Å². The SMILES string of the molecule is CS(=O)(=O)N1CCCC(CC2(CO)CCC2)C1. The highest BCUT2D eigenvalue weighted by Gasteiger charge is 2.39. The topological polar surface area (TPSA) is 57.6 Å². The van der Waals surface area contributed by atoms with Gasteiger partial charge in [-0.1, -0.05) is 6.42 Å². The average molecular weight is 261 g/mol. The van der Waals surface area contributed by atoms with E-state index in [1.165, 1.54) is 12.7 Å². The predicted molar refractivity (Wildman–Crippen MR) is 67.1 cm³/mol. The Kier molecular flexibility index (Phi) is 3.80. The first kappa shape index (κ1) is 13.3. The van der Waals surface area contributed by atoms with Crippen molar-refractivity contribution in [3.8, 4) is 0 Å². The molecule has 5 heteroatoms. The molecule has 1 saturated heterocycles. The van der Waals surface area contributed by atoms with Gasteiger partial charge in [0.15, 0.2) is 0 Å². The van der Waals surface area contributed by atoms with Gasteiger partial charge in [0.2, 0.25) is 10.0 Å². The van der Waals surface area contributed by atoms with Gasteiger partial charge < -0.3 is 5.11 Å². The van der Waals surface area contributed by atoms with Crippen LogP contribution in [0.4, 0.5) is 0 Å². The normalized spacial score (nSPS) is 29.9. The molecule has 17 heavy (non-hydrogen) atoms. The molecule has 1 saturated carbocycles. The van der Waals surface area contributed by atoms with Crippen LogP contribution in [0.15, 0.2) is 0 Å². The summed E-state index contributed by atoms with van der Waals surface area (Å²) in [6.45, 7) is 1.59. The fourth-order valence-corrected chi connectivity index (χ4v) is 4.15. The van der Waals surface area contributed by atoms with Gasteiger partial charge in [0.25, 0.3) is 0 Å². The van der Waals surface area contributed by atoms with Gasteiger partial charge in [-0.25, -0.2) is 12.7 Å². The van der Waals surface area contributed by atoms with Gasteiger partial charge in [0, 0.05) is 19.7 Å². The molecule has 2 aliphatic rings. The third-order valence-corrected chi connectivity index (χ3v) is 5.69. The van der Waals surface area contributed by atoms with Crippen LogP contribution in [0.25, 0.3) is 0 Å². The number of sulfonamides is 1. The Labute approximate surface area is 104 Å². The molecule has 1 heterocycles. The van der Waals surface area contributed by atoms with Crippen molar-refractivity contribution in [1.29, 1.82) is 0 Å². The maximum absolute atomic E-state index is 11.5. The van der Waals surface area contributed by atoms with E-state index in [4.69, 9.17) is 0 Å². The molecule has 2 fully saturated rings. The summed E-state index contributed by atoms with van der Waals surface area (Å²) in [5.41, 5.74) is 0.116. The lowest BCUT2D eigenvalue weighted by Crippen LogP contribution is -2.43. The number of piperidine rings is 1. The maximum atomic E-state index is 11.5. The Bertz CT molecular complexity index is 356. The van der Waals surface area contributed by atoms with E-state index in [1.807, 2.05) is 0 Å². The first-order valence-electron chi connectivity index (χ1n) is 6.51. The predicted octanol–water partition coefficient (Wildman–Crippen LogP) is 1.21. The Morgan fingerprint density at radius 1 is 1.35 bits per heavy atom. The summed E-state index contributed by atoms with van der Waals surface area (Å²) < 4.78 is 24.7. The summed E-state index contributed by atoms with van der Waals surface area (Å²) in [7, 11) is -3.04. The number of aliphatic hydroxyl groups excluding tert-OH is 1. The van der Waals surface area contributed by atoms with Gasteiger partial charge in [-0.3, -0.25) is 0 Å². The first-order chi connectivity index (χ1) is 7.95. The van der Waals surface area contributed by atoms with Crippen LogP contribution in [0.3, 0.4) is 0 Å². The number of hydrogen-bond donors (Lipinski definition) is 1. The van der Waals surface area contributed by atoms with E-state index in [1.54, 1.807) is 4.31 Å². The fraction of sp³-hybridized carbons (Fsp3) is 1.00. The van der Waals surface area contributed by atoms with Crippen LogP contribution in [0, 0.1) is 11.3 Å². The van der Waals surface area contributed by atoms with Crippen molar-refractivity contribution in [2.45, 2.75) is 38.5 Å². The summed E-state index contributed by atoms with van der Waals surface area (Å²) in [5, 5.41) is 9.46. The molecule has 0 aromatic heterocycles. The molecular formula is C12H23NO3S. The Hall–Kier alpha value is -0.130. The number of aliphatic hydroxyl groups is 1. The smallest absolute Gasteiger partial charge is 0.211 e. The molecule has 1 atom stereocenters. The summed E-state index contributed by atoms with van der Waals surface area (Å²) in [5.74, 6) is 0.436. The van der Waals surface area contributed by atoms with E-state index >= 15 is 0 Å². The van der Waals surface area contributed by atoms with Crippen molar-refractivity contribution in [1.82, 2.24) is 4.31 Å². The monoisotopic (exact) mass is 261 g/mol. The lowest BCUT2D eigenvalue weighted by Gasteiger charge is -2.44. The second kappa shape index (κ2) is 4.86. The highest BCUT2D eigenvalue weighted by atomic mass is 32.2. The Balaban J connectivity index is 1.94. The standard InChI is InChI=1S/C12H23NO3S/c1-17(15,16)13-7-2-4-11(9-13)8-12(10-14)5-3-6-12/h11,14H,2-10H2,1H3. The van der Waals surface area contributed by atoms with E-state index in [9.17, 15) is 13.5 Å². The number of nitrogens with zero attached hydrogens (tertiary/aromatic N) is 1. The third kappa shape index (κ3) is 3.01.